The van der Waals surface area contributed by atoms with Gasteiger partial charge in [0, 0.05) is 29.1 Å². The van der Waals surface area contributed by atoms with Crippen molar-refractivity contribution in [3.8, 4) is 11.3 Å². The van der Waals surface area contributed by atoms with Crippen LogP contribution < -0.4 is 4.90 Å². The molecule has 2 unspecified atom stereocenters. The molecule has 1 saturated carbocycles. The number of carboxylic acid groups (broad SMARTS) is 1. The number of hydrogen-bond acceptors (Lipinski definition) is 5. The Morgan fingerprint density at radius 3 is 2.39 bits per heavy atom. The number of anilines is 1. The Hall–Kier alpha value is -3.26. The summed E-state index contributed by atoms with van der Waals surface area (Å²) in [4.78, 5) is 13.0. The first-order valence-corrected chi connectivity index (χ1v) is 12.6. The van der Waals surface area contributed by atoms with Crippen LogP contribution in [0.1, 0.15) is 71.7 Å². The monoisotopic (exact) mass is 494 g/mol. The largest absolute Gasteiger partial charge is 0.478 e. The Kier molecular flexibility index (Phi) is 5.79. The van der Waals surface area contributed by atoms with Crippen LogP contribution in [0.5, 0.6) is 0 Å². The molecule has 3 heterocycles. The summed E-state index contributed by atoms with van der Waals surface area (Å²) in [5.74, 6) is -1.70. The summed E-state index contributed by atoms with van der Waals surface area (Å²) >= 11 is 0. The molecular weight excluding hydrogens is 466 g/mol. The predicted molar refractivity (Wildman–Crippen MR) is 129 cm³/mol. The molecule has 1 aromatic heterocycles. The van der Waals surface area contributed by atoms with Gasteiger partial charge in [-0.05, 0) is 63.1 Å². The zero-order chi connectivity index (χ0) is 25.0. The molecule has 8 heteroatoms. The van der Waals surface area contributed by atoms with Crippen molar-refractivity contribution >= 4 is 11.7 Å². The van der Waals surface area contributed by atoms with Crippen LogP contribution in [0, 0.1) is 18.6 Å². The van der Waals surface area contributed by atoms with Gasteiger partial charge in [-0.1, -0.05) is 29.4 Å². The minimum Gasteiger partial charge on any atom is -0.478 e. The molecule has 6 rings (SSSR count). The number of benzene rings is 2. The van der Waals surface area contributed by atoms with Crippen LogP contribution in [0.3, 0.4) is 0 Å². The number of fused-ring (bicyclic) bond motifs is 2. The summed E-state index contributed by atoms with van der Waals surface area (Å²) in [5.41, 5.74) is 3.49. The summed E-state index contributed by atoms with van der Waals surface area (Å²) in [6.07, 6.45) is 5.08. The van der Waals surface area contributed by atoms with Crippen LogP contribution in [0.2, 0.25) is 0 Å². The lowest BCUT2D eigenvalue weighted by Gasteiger charge is -2.40. The van der Waals surface area contributed by atoms with Gasteiger partial charge >= 0.3 is 5.97 Å². The van der Waals surface area contributed by atoms with Crippen molar-refractivity contribution in [1.29, 1.82) is 0 Å². The van der Waals surface area contributed by atoms with Crippen LogP contribution >= 0.6 is 0 Å². The molecule has 3 fully saturated rings. The van der Waals surface area contributed by atoms with E-state index in [-0.39, 0.29) is 29.4 Å². The van der Waals surface area contributed by atoms with Crippen molar-refractivity contribution in [1.82, 2.24) is 5.16 Å². The molecule has 2 bridgehead atoms. The first kappa shape index (κ1) is 23.2. The van der Waals surface area contributed by atoms with Crippen molar-refractivity contribution in [2.24, 2.45) is 0 Å². The van der Waals surface area contributed by atoms with Crippen LogP contribution in [0.25, 0.3) is 11.3 Å². The van der Waals surface area contributed by atoms with Gasteiger partial charge in [-0.3, -0.25) is 0 Å². The van der Waals surface area contributed by atoms with Crippen molar-refractivity contribution < 1.29 is 27.9 Å². The third-order valence-electron chi connectivity index (χ3n) is 7.84. The topological polar surface area (TPSA) is 75.8 Å². The van der Waals surface area contributed by atoms with Gasteiger partial charge in [0.2, 0.25) is 0 Å². The molecule has 0 spiro atoms. The molecule has 6 nitrogen and oxygen atoms in total. The second kappa shape index (κ2) is 9.00. The molecule has 1 aliphatic carbocycles. The Morgan fingerprint density at radius 2 is 1.78 bits per heavy atom. The molecular formula is C28H28F2N2O4. The SMILES string of the molecule is Cc1ccccc1-c1noc(C2CC2)c1COC1CC2CC[C@@H](C1)N2c1c(F)cc(C(=O)O)cc1F. The van der Waals surface area contributed by atoms with Gasteiger partial charge in [0.1, 0.15) is 28.8 Å². The van der Waals surface area contributed by atoms with E-state index in [9.17, 15) is 13.6 Å². The van der Waals surface area contributed by atoms with E-state index in [1.807, 2.05) is 23.1 Å². The molecule has 3 atom stereocenters. The Balaban J connectivity index is 1.21. The van der Waals surface area contributed by atoms with Gasteiger partial charge in [-0.2, -0.15) is 0 Å². The second-order valence-electron chi connectivity index (χ2n) is 10.3. The Labute approximate surface area is 207 Å². The molecule has 36 heavy (non-hydrogen) atoms. The van der Waals surface area contributed by atoms with Crippen molar-refractivity contribution in [2.75, 3.05) is 4.90 Å². The minimum absolute atomic E-state index is 0.0464. The number of carboxylic acids is 1. The first-order chi connectivity index (χ1) is 17.4. The van der Waals surface area contributed by atoms with Crippen LogP contribution in [-0.4, -0.2) is 34.4 Å². The number of aromatic nitrogens is 1. The molecule has 0 radical (unpaired) electrons. The number of carbonyl (C=O) groups is 1. The highest BCUT2D eigenvalue weighted by molar-refractivity contribution is 5.88. The molecule has 0 amide bonds. The fourth-order valence-corrected chi connectivity index (χ4v) is 5.94. The third kappa shape index (κ3) is 4.07. The smallest absolute Gasteiger partial charge is 0.335 e. The minimum atomic E-state index is -1.35. The van der Waals surface area contributed by atoms with Gasteiger partial charge in [0.15, 0.2) is 0 Å². The number of hydrogen-bond donors (Lipinski definition) is 1. The fraction of sp³-hybridized carbons (Fsp3) is 0.429. The van der Waals surface area contributed by atoms with Gasteiger partial charge in [-0.25, -0.2) is 13.6 Å². The van der Waals surface area contributed by atoms with Crippen LogP contribution in [0.15, 0.2) is 40.9 Å². The zero-order valence-corrected chi connectivity index (χ0v) is 20.0. The number of aromatic carboxylic acids is 1. The standard InChI is InChI=1S/C28H28F2N2O4/c1-15-4-2-3-5-21(15)25-22(27(36-31-25)16-6-7-16)14-35-20-12-18-8-9-19(13-20)32(18)26-23(29)10-17(28(33)34)11-24(26)30/h2-5,10-11,16,18-20H,6-9,12-14H2,1H3,(H,33,34)/t18-,19?,20?/m0/s1. The Bertz CT molecular complexity index is 1280. The number of piperidine rings is 1. The van der Waals surface area contributed by atoms with Crippen LogP contribution in [-0.2, 0) is 11.3 Å². The predicted octanol–water partition coefficient (Wildman–Crippen LogP) is 6.22. The van der Waals surface area contributed by atoms with E-state index in [0.29, 0.717) is 25.4 Å². The lowest BCUT2D eigenvalue weighted by atomic mass is 9.97. The summed E-state index contributed by atoms with van der Waals surface area (Å²) in [7, 11) is 0. The molecule has 2 aromatic carbocycles. The number of nitrogens with zero attached hydrogens (tertiary/aromatic N) is 2. The molecule has 2 saturated heterocycles. The van der Waals surface area contributed by atoms with Gasteiger partial charge < -0.3 is 19.3 Å². The van der Waals surface area contributed by atoms with E-state index in [0.717, 1.165) is 66.0 Å². The number of halogens is 2. The summed E-state index contributed by atoms with van der Waals surface area (Å²) in [6.45, 7) is 2.44. The third-order valence-corrected chi connectivity index (χ3v) is 7.84. The quantitative estimate of drug-likeness (QED) is 0.420. The van der Waals surface area contributed by atoms with E-state index >= 15 is 0 Å². The molecule has 1 N–H and O–H groups in total. The lowest BCUT2D eigenvalue weighted by Crippen LogP contribution is -2.46. The highest BCUT2D eigenvalue weighted by Crippen LogP contribution is 2.46. The Morgan fingerprint density at radius 1 is 1.11 bits per heavy atom. The van der Waals surface area contributed by atoms with Gasteiger partial charge in [-0.15, -0.1) is 0 Å². The van der Waals surface area contributed by atoms with E-state index in [1.165, 1.54) is 0 Å². The van der Waals surface area contributed by atoms with Crippen molar-refractivity contribution in [3.05, 3.63) is 70.5 Å². The van der Waals surface area contributed by atoms with Crippen molar-refractivity contribution in [3.63, 3.8) is 0 Å². The zero-order valence-electron chi connectivity index (χ0n) is 20.0. The number of rotatable bonds is 7. The average Bonchev–Trinajstić information content (AvgIpc) is 3.56. The van der Waals surface area contributed by atoms with E-state index in [4.69, 9.17) is 14.4 Å². The fourth-order valence-electron chi connectivity index (χ4n) is 5.94. The highest BCUT2D eigenvalue weighted by Gasteiger charge is 2.43. The summed E-state index contributed by atoms with van der Waals surface area (Å²) in [6, 6.07) is 9.78. The van der Waals surface area contributed by atoms with E-state index in [2.05, 4.69) is 18.1 Å². The van der Waals surface area contributed by atoms with Gasteiger partial charge in [0.05, 0.1) is 18.3 Å². The second-order valence-corrected chi connectivity index (χ2v) is 10.3. The molecule has 3 aromatic rings. The molecule has 188 valence electrons. The molecule has 3 aliphatic rings. The maximum absolute atomic E-state index is 14.8. The maximum Gasteiger partial charge on any atom is 0.335 e. The first-order valence-electron chi connectivity index (χ1n) is 12.6. The van der Waals surface area contributed by atoms with E-state index in [1.54, 1.807) is 0 Å². The number of ether oxygens (including phenoxy) is 1. The summed E-state index contributed by atoms with van der Waals surface area (Å²) < 4.78 is 41.9. The van der Waals surface area contributed by atoms with Crippen molar-refractivity contribution in [2.45, 2.75) is 76.2 Å². The average molecular weight is 495 g/mol. The highest BCUT2D eigenvalue weighted by atomic mass is 19.1. The maximum atomic E-state index is 14.8. The molecule has 2 aliphatic heterocycles. The lowest BCUT2D eigenvalue weighted by molar-refractivity contribution is 0.0145. The normalized spacial score (nSPS) is 23.3. The van der Waals surface area contributed by atoms with Gasteiger partial charge in [0.25, 0.3) is 0 Å². The summed E-state index contributed by atoms with van der Waals surface area (Å²) in [5, 5.41) is 13.5. The van der Waals surface area contributed by atoms with E-state index < -0.39 is 17.6 Å². The van der Waals surface area contributed by atoms with Crippen LogP contribution in [0.4, 0.5) is 14.5 Å². The number of aryl methyl sites for hydroxylation is 1.